The van der Waals surface area contributed by atoms with E-state index >= 15 is 0 Å². The van der Waals surface area contributed by atoms with Gasteiger partial charge in [-0.25, -0.2) is 14.6 Å². The van der Waals surface area contributed by atoms with Crippen molar-refractivity contribution in [2.45, 2.75) is 37.5 Å². The van der Waals surface area contributed by atoms with E-state index in [1.54, 1.807) is 28.0 Å². The average Bonchev–Trinajstić information content (AvgIpc) is 3.52. The summed E-state index contributed by atoms with van der Waals surface area (Å²) in [6.45, 7) is 3.40. The van der Waals surface area contributed by atoms with Crippen LogP contribution in [0, 0.1) is 6.92 Å². The third kappa shape index (κ3) is 3.93. The van der Waals surface area contributed by atoms with Crippen molar-refractivity contribution in [3.63, 3.8) is 0 Å². The molecule has 164 valence electrons. The van der Waals surface area contributed by atoms with E-state index in [0.717, 1.165) is 24.2 Å². The average molecular weight is 450 g/mol. The van der Waals surface area contributed by atoms with Gasteiger partial charge in [-0.15, -0.1) is 0 Å². The number of carbonyl (C=O) groups is 1. The SMILES string of the molecule is Cc1cccc(-n2ncc3c(=O)n4c(nc32)SC[C@@H]4CC(=O)NCCCn2ccnc2)c1. The van der Waals surface area contributed by atoms with Gasteiger partial charge >= 0.3 is 0 Å². The number of amides is 1. The molecule has 1 aliphatic rings. The number of aryl methyl sites for hydroxylation is 2. The molecule has 0 fully saturated rings. The van der Waals surface area contributed by atoms with E-state index in [2.05, 4.69) is 15.4 Å². The fourth-order valence-electron chi connectivity index (χ4n) is 3.92. The zero-order valence-corrected chi connectivity index (χ0v) is 18.5. The minimum Gasteiger partial charge on any atom is -0.356 e. The van der Waals surface area contributed by atoms with E-state index in [9.17, 15) is 9.59 Å². The summed E-state index contributed by atoms with van der Waals surface area (Å²) in [5.41, 5.74) is 2.37. The number of imidazole rings is 1. The summed E-state index contributed by atoms with van der Waals surface area (Å²) in [7, 11) is 0. The lowest BCUT2D eigenvalue weighted by molar-refractivity contribution is -0.121. The van der Waals surface area contributed by atoms with Gasteiger partial charge in [-0.2, -0.15) is 5.10 Å². The van der Waals surface area contributed by atoms with Crippen LogP contribution in [0.3, 0.4) is 0 Å². The van der Waals surface area contributed by atoms with Crippen molar-refractivity contribution >= 4 is 28.7 Å². The number of aromatic nitrogens is 6. The quantitative estimate of drug-likeness (QED) is 0.343. The van der Waals surface area contributed by atoms with Gasteiger partial charge in [0.25, 0.3) is 5.56 Å². The minimum absolute atomic E-state index is 0.0588. The zero-order valence-electron chi connectivity index (χ0n) is 17.6. The molecule has 10 heteroatoms. The molecule has 0 bridgehead atoms. The van der Waals surface area contributed by atoms with E-state index in [0.29, 0.717) is 28.5 Å². The summed E-state index contributed by atoms with van der Waals surface area (Å²) in [4.78, 5) is 34.4. The Morgan fingerprint density at radius 3 is 3.06 bits per heavy atom. The molecule has 1 amide bonds. The van der Waals surface area contributed by atoms with Crippen LogP contribution in [0.1, 0.15) is 24.4 Å². The van der Waals surface area contributed by atoms with Crippen molar-refractivity contribution in [2.24, 2.45) is 0 Å². The van der Waals surface area contributed by atoms with E-state index in [4.69, 9.17) is 4.98 Å². The number of thioether (sulfide) groups is 1. The molecule has 5 rings (SSSR count). The predicted molar refractivity (Wildman–Crippen MR) is 122 cm³/mol. The van der Waals surface area contributed by atoms with Crippen molar-refractivity contribution in [2.75, 3.05) is 12.3 Å². The topological polar surface area (TPSA) is 99.6 Å². The standard InChI is InChI=1S/C22H23N7O2S/c1-15-4-2-5-16(10-15)29-20-18(12-25-29)21(31)28-17(13-32-22(28)26-20)11-19(30)24-6-3-8-27-9-7-23-14-27/h2,4-5,7,9-10,12,14,17H,3,6,8,11,13H2,1H3,(H,24,30)/t17-/m0/s1. The predicted octanol–water partition coefficient (Wildman–Crippen LogP) is 2.33. The Bertz CT molecular complexity index is 1330. The number of benzene rings is 1. The monoisotopic (exact) mass is 449 g/mol. The Balaban J connectivity index is 1.31. The zero-order chi connectivity index (χ0) is 22.1. The Labute approximate surface area is 188 Å². The second kappa shape index (κ2) is 8.62. The van der Waals surface area contributed by atoms with Crippen LogP contribution in [0.2, 0.25) is 0 Å². The molecule has 1 aliphatic heterocycles. The van der Waals surface area contributed by atoms with Crippen LogP contribution in [-0.2, 0) is 11.3 Å². The number of hydrogen-bond donors (Lipinski definition) is 1. The van der Waals surface area contributed by atoms with Gasteiger partial charge in [0.1, 0.15) is 5.39 Å². The minimum atomic E-state index is -0.213. The Morgan fingerprint density at radius 1 is 1.34 bits per heavy atom. The molecule has 1 aromatic carbocycles. The molecule has 0 radical (unpaired) electrons. The molecule has 1 atom stereocenters. The second-order valence-corrected chi connectivity index (χ2v) is 8.86. The number of nitrogens with one attached hydrogen (secondary N) is 1. The van der Waals surface area contributed by atoms with Crippen LogP contribution in [0.25, 0.3) is 16.7 Å². The Hall–Kier alpha value is -3.40. The highest BCUT2D eigenvalue weighted by Gasteiger charge is 2.29. The molecule has 3 aromatic heterocycles. The second-order valence-electron chi connectivity index (χ2n) is 7.88. The highest BCUT2D eigenvalue weighted by atomic mass is 32.2. The van der Waals surface area contributed by atoms with Crippen molar-refractivity contribution in [1.82, 2.24) is 34.2 Å². The third-order valence-corrected chi connectivity index (χ3v) is 6.61. The summed E-state index contributed by atoms with van der Waals surface area (Å²) in [6.07, 6.45) is 8.03. The van der Waals surface area contributed by atoms with Crippen molar-refractivity contribution in [3.8, 4) is 5.69 Å². The Kier molecular flexibility index (Phi) is 5.52. The molecule has 0 saturated carbocycles. The molecular formula is C22H23N7O2S. The van der Waals surface area contributed by atoms with Gasteiger partial charge in [0.15, 0.2) is 10.8 Å². The first-order chi connectivity index (χ1) is 15.6. The molecule has 9 nitrogen and oxygen atoms in total. The van der Waals surface area contributed by atoms with Gasteiger partial charge in [0, 0.05) is 37.7 Å². The van der Waals surface area contributed by atoms with Crippen LogP contribution in [0.5, 0.6) is 0 Å². The number of fused-ring (bicyclic) bond motifs is 2. The molecular weight excluding hydrogens is 426 g/mol. The Morgan fingerprint density at radius 2 is 2.25 bits per heavy atom. The first-order valence-electron chi connectivity index (χ1n) is 10.5. The van der Waals surface area contributed by atoms with Gasteiger partial charge in [0.2, 0.25) is 5.91 Å². The van der Waals surface area contributed by atoms with Crippen molar-refractivity contribution in [1.29, 1.82) is 0 Å². The lowest BCUT2D eigenvalue weighted by Crippen LogP contribution is -2.31. The van der Waals surface area contributed by atoms with Crippen LogP contribution < -0.4 is 10.9 Å². The maximum Gasteiger partial charge on any atom is 0.265 e. The van der Waals surface area contributed by atoms with E-state index in [-0.39, 0.29) is 23.9 Å². The molecule has 0 unspecified atom stereocenters. The van der Waals surface area contributed by atoms with Gasteiger partial charge in [-0.1, -0.05) is 23.9 Å². The molecule has 32 heavy (non-hydrogen) atoms. The normalized spacial score (nSPS) is 15.2. The maximum absolute atomic E-state index is 13.2. The number of rotatable bonds is 7. The van der Waals surface area contributed by atoms with E-state index in [1.165, 1.54) is 11.8 Å². The van der Waals surface area contributed by atoms with Gasteiger partial charge < -0.3 is 9.88 Å². The highest BCUT2D eigenvalue weighted by Crippen LogP contribution is 2.33. The van der Waals surface area contributed by atoms with Crippen LogP contribution >= 0.6 is 11.8 Å². The number of hydrogen-bond acceptors (Lipinski definition) is 6. The van der Waals surface area contributed by atoms with Gasteiger partial charge in [-0.3, -0.25) is 14.2 Å². The van der Waals surface area contributed by atoms with Crippen LogP contribution in [-0.4, -0.2) is 47.1 Å². The summed E-state index contributed by atoms with van der Waals surface area (Å²) in [5.74, 6) is 0.589. The molecule has 4 heterocycles. The first kappa shape index (κ1) is 20.5. The van der Waals surface area contributed by atoms with E-state index < -0.39 is 0 Å². The van der Waals surface area contributed by atoms with Crippen molar-refractivity contribution in [3.05, 3.63) is 65.1 Å². The van der Waals surface area contributed by atoms with Crippen LogP contribution in [0.4, 0.5) is 0 Å². The molecule has 1 N–H and O–H groups in total. The first-order valence-corrected chi connectivity index (χ1v) is 11.5. The van der Waals surface area contributed by atoms with Gasteiger partial charge in [-0.05, 0) is 31.0 Å². The fourth-order valence-corrected chi connectivity index (χ4v) is 5.05. The molecule has 4 aromatic rings. The smallest absolute Gasteiger partial charge is 0.265 e. The van der Waals surface area contributed by atoms with E-state index in [1.807, 2.05) is 42.0 Å². The van der Waals surface area contributed by atoms with Crippen molar-refractivity contribution < 1.29 is 4.79 Å². The molecule has 0 spiro atoms. The largest absolute Gasteiger partial charge is 0.356 e. The summed E-state index contributed by atoms with van der Waals surface area (Å²) >= 11 is 1.50. The van der Waals surface area contributed by atoms with Crippen LogP contribution in [0.15, 0.2) is 59.1 Å². The summed E-state index contributed by atoms with van der Waals surface area (Å²) in [6, 6.07) is 7.70. The van der Waals surface area contributed by atoms with Gasteiger partial charge in [0.05, 0.1) is 24.3 Å². The number of nitrogens with zero attached hydrogens (tertiary/aromatic N) is 6. The summed E-state index contributed by atoms with van der Waals surface area (Å²) in [5, 5.41) is 8.46. The third-order valence-electron chi connectivity index (χ3n) is 5.51. The fraction of sp³-hybridized carbons (Fsp3) is 0.318. The number of carbonyl (C=O) groups excluding carboxylic acids is 1. The maximum atomic E-state index is 13.2. The summed E-state index contributed by atoms with van der Waals surface area (Å²) < 4.78 is 5.33. The lowest BCUT2D eigenvalue weighted by Gasteiger charge is -2.13. The lowest BCUT2D eigenvalue weighted by atomic mass is 10.2. The molecule has 0 saturated heterocycles. The molecule has 0 aliphatic carbocycles. The highest BCUT2D eigenvalue weighted by molar-refractivity contribution is 7.99.